The summed E-state index contributed by atoms with van der Waals surface area (Å²) >= 11 is 0. The van der Waals surface area contributed by atoms with Crippen LogP contribution in [0.1, 0.15) is 50.2 Å². The van der Waals surface area contributed by atoms with E-state index in [4.69, 9.17) is 4.74 Å². The smallest absolute Gasteiger partial charge is 0.123 e. The van der Waals surface area contributed by atoms with E-state index in [-0.39, 0.29) is 5.82 Å². The first-order valence-electron chi connectivity index (χ1n) is 8.95. The van der Waals surface area contributed by atoms with Gasteiger partial charge in [0.1, 0.15) is 11.6 Å². The van der Waals surface area contributed by atoms with Gasteiger partial charge < -0.3 is 10.1 Å². The summed E-state index contributed by atoms with van der Waals surface area (Å²) < 4.78 is 18.6. The third kappa shape index (κ3) is 7.14. The molecule has 0 radical (unpaired) electrons. The quantitative estimate of drug-likeness (QED) is 0.552. The van der Waals surface area contributed by atoms with Crippen LogP contribution < -0.4 is 10.1 Å². The van der Waals surface area contributed by atoms with Crippen molar-refractivity contribution in [3.8, 4) is 5.75 Å². The fraction of sp³-hybridized carbons (Fsp3) is 0.429. The number of ether oxygens (including phenoxy) is 1. The molecule has 0 aliphatic rings. The average Bonchev–Trinajstić information content (AvgIpc) is 2.61. The molecule has 2 nitrogen and oxygen atoms in total. The van der Waals surface area contributed by atoms with Crippen molar-refractivity contribution in [2.24, 2.45) is 0 Å². The molecule has 0 aromatic heterocycles. The van der Waals surface area contributed by atoms with E-state index >= 15 is 0 Å². The zero-order chi connectivity index (χ0) is 17.0. The van der Waals surface area contributed by atoms with Gasteiger partial charge in [0.2, 0.25) is 0 Å². The summed E-state index contributed by atoms with van der Waals surface area (Å²) in [6, 6.07) is 14.8. The second-order valence-corrected chi connectivity index (χ2v) is 6.14. The van der Waals surface area contributed by atoms with Gasteiger partial charge in [0, 0.05) is 13.1 Å². The molecule has 130 valence electrons. The molecule has 0 aliphatic carbocycles. The lowest BCUT2D eigenvalue weighted by Crippen LogP contribution is -2.12. The van der Waals surface area contributed by atoms with Crippen LogP contribution in [0.15, 0.2) is 48.5 Å². The summed E-state index contributed by atoms with van der Waals surface area (Å²) in [4.78, 5) is 0. The summed E-state index contributed by atoms with van der Waals surface area (Å²) in [5, 5.41) is 3.37. The van der Waals surface area contributed by atoms with Gasteiger partial charge in [-0.15, -0.1) is 0 Å². The summed E-state index contributed by atoms with van der Waals surface area (Å²) in [7, 11) is 0. The Hall–Kier alpha value is -1.87. The molecule has 2 aromatic rings. The maximum absolute atomic E-state index is 12.8. The highest BCUT2D eigenvalue weighted by atomic mass is 19.1. The molecule has 0 amide bonds. The number of benzene rings is 2. The molecule has 24 heavy (non-hydrogen) atoms. The van der Waals surface area contributed by atoms with Crippen LogP contribution in [0.25, 0.3) is 0 Å². The third-order valence-corrected chi connectivity index (χ3v) is 4.01. The Labute approximate surface area is 145 Å². The zero-order valence-corrected chi connectivity index (χ0v) is 14.6. The number of unbranched alkanes of at least 4 members (excludes halogenated alkanes) is 4. The van der Waals surface area contributed by atoms with E-state index in [9.17, 15) is 4.39 Å². The second kappa shape index (κ2) is 10.8. The number of halogens is 1. The van der Waals surface area contributed by atoms with Crippen molar-refractivity contribution in [3.63, 3.8) is 0 Å². The Morgan fingerprint density at radius 1 is 0.792 bits per heavy atom. The molecule has 2 rings (SSSR count). The Morgan fingerprint density at radius 2 is 1.38 bits per heavy atom. The first kappa shape index (κ1) is 18.5. The van der Waals surface area contributed by atoms with E-state index in [1.807, 2.05) is 12.1 Å². The van der Waals surface area contributed by atoms with Crippen molar-refractivity contribution in [2.45, 2.75) is 52.1 Å². The molecular formula is C21H28FNO. The minimum Gasteiger partial charge on any atom is -0.494 e. The summed E-state index contributed by atoms with van der Waals surface area (Å²) in [5.41, 5.74) is 2.30. The van der Waals surface area contributed by atoms with E-state index in [0.717, 1.165) is 37.4 Å². The van der Waals surface area contributed by atoms with Gasteiger partial charge in [0.05, 0.1) is 6.61 Å². The van der Waals surface area contributed by atoms with Crippen molar-refractivity contribution in [1.29, 1.82) is 0 Å². The van der Waals surface area contributed by atoms with Crippen LogP contribution in [0.3, 0.4) is 0 Å². The highest BCUT2D eigenvalue weighted by Gasteiger charge is 1.98. The van der Waals surface area contributed by atoms with Gasteiger partial charge in [-0.1, -0.05) is 56.9 Å². The predicted octanol–water partition coefficient (Wildman–Crippen LogP) is 5.46. The largest absolute Gasteiger partial charge is 0.494 e. The van der Waals surface area contributed by atoms with Crippen molar-refractivity contribution in [1.82, 2.24) is 5.32 Å². The Morgan fingerprint density at radius 3 is 2.00 bits per heavy atom. The number of hydrogen-bond donors (Lipinski definition) is 1. The molecule has 0 fully saturated rings. The summed E-state index contributed by atoms with van der Waals surface area (Å²) in [6.07, 6.45) is 6.27. The monoisotopic (exact) mass is 329 g/mol. The van der Waals surface area contributed by atoms with Crippen molar-refractivity contribution in [3.05, 3.63) is 65.5 Å². The van der Waals surface area contributed by atoms with Gasteiger partial charge in [-0.05, 0) is 41.8 Å². The number of rotatable bonds is 11. The summed E-state index contributed by atoms with van der Waals surface area (Å²) in [6.45, 7) is 4.55. The topological polar surface area (TPSA) is 21.3 Å². The van der Waals surface area contributed by atoms with Crippen LogP contribution in [0.2, 0.25) is 0 Å². The van der Waals surface area contributed by atoms with Gasteiger partial charge in [-0.25, -0.2) is 4.39 Å². The van der Waals surface area contributed by atoms with Crippen LogP contribution in [-0.2, 0) is 13.1 Å². The Bertz CT molecular complexity index is 565. The molecule has 0 unspecified atom stereocenters. The van der Waals surface area contributed by atoms with Gasteiger partial charge in [-0.2, -0.15) is 0 Å². The van der Waals surface area contributed by atoms with Crippen LogP contribution in [0.5, 0.6) is 5.75 Å². The third-order valence-electron chi connectivity index (χ3n) is 4.01. The fourth-order valence-corrected chi connectivity index (χ4v) is 2.55. The minimum atomic E-state index is -0.195. The number of nitrogens with one attached hydrogen (secondary N) is 1. The van der Waals surface area contributed by atoms with Gasteiger partial charge >= 0.3 is 0 Å². The predicted molar refractivity (Wildman–Crippen MR) is 97.6 cm³/mol. The lowest BCUT2D eigenvalue weighted by molar-refractivity contribution is 0.304. The first-order chi connectivity index (χ1) is 11.8. The molecule has 1 N–H and O–H groups in total. The van der Waals surface area contributed by atoms with Gasteiger partial charge in [-0.3, -0.25) is 0 Å². The van der Waals surface area contributed by atoms with Crippen LogP contribution >= 0.6 is 0 Å². The van der Waals surface area contributed by atoms with E-state index in [1.54, 1.807) is 12.1 Å². The van der Waals surface area contributed by atoms with Crippen LogP contribution in [0, 0.1) is 5.82 Å². The minimum absolute atomic E-state index is 0.195. The maximum atomic E-state index is 12.8. The highest BCUT2D eigenvalue weighted by molar-refractivity contribution is 5.27. The van der Waals surface area contributed by atoms with E-state index in [2.05, 4.69) is 24.4 Å². The Balaban J connectivity index is 1.63. The fourth-order valence-electron chi connectivity index (χ4n) is 2.55. The standard InChI is InChI=1S/C21H28FNO/c1-2-3-4-5-6-15-24-21-13-9-19(10-14-21)17-23-16-18-7-11-20(22)12-8-18/h7-14,23H,2-6,15-17H2,1H3. The van der Waals surface area contributed by atoms with Crippen LogP contribution in [0.4, 0.5) is 4.39 Å². The molecule has 3 heteroatoms. The molecule has 0 saturated heterocycles. The van der Waals surface area contributed by atoms with Crippen molar-refractivity contribution >= 4 is 0 Å². The lowest BCUT2D eigenvalue weighted by Gasteiger charge is -2.08. The van der Waals surface area contributed by atoms with Crippen LogP contribution in [-0.4, -0.2) is 6.61 Å². The van der Waals surface area contributed by atoms with E-state index in [0.29, 0.717) is 0 Å². The molecule has 0 saturated carbocycles. The molecule has 0 atom stereocenters. The molecule has 0 heterocycles. The molecular weight excluding hydrogens is 301 g/mol. The second-order valence-electron chi connectivity index (χ2n) is 6.14. The number of hydrogen-bond acceptors (Lipinski definition) is 2. The van der Waals surface area contributed by atoms with Crippen molar-refractivity contribution < 1.29 is 9.13 Å². The first-order valence-corrected chi connectivity index (χ1v) is 8.95. The molecule has 0 bridgehead atoms. The summed E-state index contributed by atoms with van der Waals surface area (Å²) in [5.74, 6) is 0.743. The highest BCUT2D eigenvalue weighted by Crippen LogP contribution is 2.13. The molecule has 2 aromatic carbocycles. The maximum Gasteiger partial charge on any atom is 0.123 e. The average molecular weight is 329 g/mol. The zero-order valence-electron chi connectivity index (χ0n) is 14.6. The lowest BCUT2D eigenvalue weighted by atomic mass is 10.2. The molecule has 0 aliphatic heterocycles. The van der Waals surface area contributed by atoms with E-state index in [1.165, 1.54) is 43.4 Å². The Kier molecular flexibility index (Phi) is 8.33. The SMILES string of the molecule is CCCCCCCOc1ccc(CNCc2ccc(F)cc2)cc1. The van der Waals surface area contributed by atoms with Gasteiger partial charge in [0.15, 0.2) is 0 Å². The molecule has 0 spiro atoms. The van der Waals surface area contributed by atoms with Gasteiger partial charge in [0.25, 0.3) is 0 Å². The van der Waals surface area contributed by atoms with Crippen molar-refractivity contribution in [2.75, 3.05) is 6.61 Å². The normalized spacial score (nSPS) is 10.8. The van der Waals surface area contributed by atoms with E-state index < -0.39 is 0 Å².